The number of hydrogen-bond acceptors (Lipinski definition) is 2. The van der Waals surface area contributed by atoms with E-state index in [0.29, 0.717) is 16.7 Å². The third-order valence-corrected chi connectivity index (χ3v) is 4.94. The molecule has 1 amide bonds. The van der Waals surface area contributed by atoms with Crippen molar-refractivity contribution in [1.82, 2.24) is 4.90 Å². The molecule has 102 valence electrons. The summed E-state index contributed by atoms with van der Waals surface area (Å²) in [6.07, 6.45) is 1.03. The monoisotopic (exact) mass is 326 g/mol. The molecule has 2 bridgehead atoms. The molecule has 2 unspecified atom stereocenters. The van der Waals surface area contributed by atoms with Crippen LogP contribution in [0.1, 0.15) is 20.3 Å². The Labute approximate surface area is 120 Å². The van der Waals surface area contributed by atoms with E-state index in [1.165, 1.54) is 0 Å². The standard InChI is InChI=1S/C14H16BrFN2O/c1-8-13-6-10(18(13)9(2)19)7-17(8)12-5-3-4-11(15)14(12)16/h3-5,8,10,13H,6-7H2,1-2H3/t8-,10?,13?/m0/s1. The Bertz CT molecular complexity index is 536. The summed E-state index contributed by atoms with van der Waals surface area (Å²) in [5.74, 6) is -0.0903. The van der Waals surface area contributed by atoms with Crippen LogP contribution in [0.15, 0.2) is 22.7 Å². The first kappa shape index (κ1) is 12.9. The summed E-state index contributed by atoms with van der Waals surface area (Å²) in [4.78, 5) is 15.6. The SMILES string of the molecule is CC(=O)N1C2CC1[C@H](C)N(c1cccc(Br)c1F)C2. The first-order valence-electron chi connectivity index (χ1n) is 6.50. The summed E-state index contributed by atoms with van der Waals surface area (Å²) in [7, 11) is 0. The molecule has 0 spiro atoms. The van der Waals surface area contributed by atoms with Gasteiger partial charge in [-0.05, 0) is 41.4 Å². The number of amides is 1. The molecule has 3 aliphatic heterocycles. The summed E-state index contributed by atoms with van der Waals surface area (Å²) < 4.78 is 14.7. The van der Waals surface area contributed by atoms with Crippen LogP contribution in [0.25, 0.3) is 0 Å². The molecule has 1 aromatic carbocycles. The van der Waals surface area contributed by atoms with Gasteiger partial charge in [0.1, 0.15) is 0 Å². The number of nitrogens with zero attached hydrogens (tertiary/aromatic N) is 2. The lowest BCUT2D eigenvalue weighted by molar-refractivity contribution is -0.145. The van der Waals surface area contributed by atoms with E-state index in [-0.39, 0.29) is 29.8 Å². The van der Waals surface area contributed by atoms with Gasteiger partial charge >= 0.3 is 0 Å². The van der Waals surface area contributed by atoms with Crippen molar-refractivity contribution in [3.8, 4) is 0 Å². The van der Waals surface area contributed by atoms with E-state index in [9.17, 15) is 9.18 Å². The van der Waals surface area contributed by atoms with Crippen LogP contribution in [0.2, 0.25) is 0 Å². The Kier molecular flexibility index (Phi) is 3.04. The highest BCUT2D eigenvalue weighted by Gasteiger charge is 2.50. The Morgan fingerprint density at radius 3 is 2.84 bits per heavy atom. The minimum absolute atomic E-state index is 0.127. The van der Waals surface area contributed by atoms with E-state index < -0.39 is 0 Å². The summed E-state index contributed by atoms with van der Waals surface area (Å²) in [5, 5.41) is 0. The molecular formula is C14H16BrFN2O. The fourth-order valence-corrected chi connectivity index (χ4v) is 3.71. The minimum atomic E-state index is -0.218. The molecule has 3 saturated heterocycles. The maximum Gasteiger partial charge on any atom is 0.220 e. The van der Waals surface area contributed by atoms with Crippen LogP contribution in [-0.2, 0) is 4.79 Å². The first-order valence-corrected chi connectivity index (χ1v) is 7.29. The van der Waals surface area contributed by atoms with Gasteiger partial charge in [-0.2, -0.15) is 0 Å². The van der Waals surface area contributed by atoms with Gasteiger partial charge in [-0.25, -0.2) is 4.39 Å². The normalized spacial score (nSPS) is 29.2. The van der Waals surface area contributed by atoms with E-state index in [0.717, 1.165) is 6.42 Å². The van der Waals surface area contributed by atoms with E-state index in [2.05, 4.69) is 27.8 Å². The smallest absolute Gasteiger partial charge is 0.220 e. The van der Waals surface area contributed by atoms with Crippen molar-refractivity contribution in [1.29, 1.82) is 0 Å². The first-order chi connectivity index (χ1) is 9.00. The van der Waals surface area contributed by atoms with Crippen LogP contribution < -0.4 is 4.90 Å². The molecule has 3 fully saturated rings. The van der Waals surface area contributed by atoms with Gasteiger partial charge in [-0.1, -0.05) is 6.07 Å². The quantitative estimate of drug-likeness (QED) is 0.792. The van der Waals surface area contributed by atoms with Gasteiger partial charge in [0.15, 0.2) is 5.82 Å². The van der Waals surface area contributed by atoms with Crippen molar-refractivity contribution >= 4 is 27.5 Å². The average molecular weight is 327 g/mol. The number of carbonyl (C=O) groups excluding carboxylic acids is 1. The van der Waals surface area contributed by atoms with E-state index >= 15 is 0 Å². The number of halogens is 2. The van der Waals surface area contributed by atoms with E-state index in [4.69, 9.17) is 0 Å². The van der Waals surface area contributed by atoms with Crippen LogP contribution in [0.4, 0.5) is 10.1 Å². The number of carbonyl (C=O) groups is 1. The molecule has 0 aromatic heterocycles. The molecule has 0 aliphatic carbocycles. The van der Waals surface area contributed by atoms with Crippen molar-refractivity contribution in [2.45, 2.75) is 38.4 Å². The van der Waals surface area contributed by atoms with Crippen LogP contribution in [-0.4, -0.2) is 35.5 Å². The number of anilines is 1. The van der Waals surface area contributed by atoms with Gasteiger partial charge < -0.3 is 9.80 Å². The summed E-state index contributed by atoms with van der Waals surface area (Å²) in [5.41, 5.74) is 0.625. The zero-order valence-electron chi connectivity index (χ0n) is 10.9. The molecule has 3 heterocycles. The topological polar surface area (TPSA) is 23.6 Å². The molecule has 3 nitrogen and oxygen atoms in total. The molecule has 3 atom stereocenters. The molecule has 0 saturated carbocycles. The lowest BCUT2D eigenvalue weighted by atomic mass is 9.81. The minimum Gasteiger partial charge on any atom is -0.362 e. The maximum absolute atomic E-state index is 14.2. The largest absolute Gasteiger partial charge is 0.362 e. The number of benzene rings is 1. The third-order valence-electron chi connectivity index (χ3n) is 4.32. The Morgan fingerprint density at radius 1 is 1.47 bits per heavy atom. The van der Waals surface area contributed by atoms with Crippen molar-refractivity contribution in [3.05, 3.63) is 28.5 Å². The summed E-state index contributed by atoms with van der Waals surface area (Å²) in [6, 6.07) is 5.96. The lowest BCUT2D eigenvalue weighted by Gasteiger charge is -2.60. The number of hydrogen-bond donors (Lipinski definition) is 0. The fraction of sp³-hybridized carbons (Fsp3) is 0.500. The number of rotatable bonds is 1. The van der Waals surface area contributed by atoms with Crippen molar-refractivity contribution in [2.75, 3.05) is 11.4 Å². The van der Waals surface area contributed by atoms with Crippen molar-refractivity contribution < 1.29 is 9.18 Å². The van der Waals surface area contributed by atoms with Gasteiger partial charge in [0, 0.05) is 19.5 Å². The van der Waals surface area contributed by atoms with E-state index in [1.807, 2.05) is 11.0 Å². The number of piperidine rings is 1. The second-order valence-corrected chi connectivity index (χ2v) is 6.20. The zero-order valence-corrected chi connectivity index (χ0v) is 12.5. The zero-order chi connectivity index (χ0) is 13.7. The second kappa shape index (κ2) is 4.47. The summed E-state index contributed by atoms with van der Waals surface area (Å²) >= 11 is 3.23. The average Bonchev–Trinajstić information content (AvgIpc) is 2.31. The second-order valence-electron chi connectivity index (χ2n) is 5.35. The van der Waals surface area contributed by atoms with Crippen LogP contribution in [0.5, 0.6) is 0 Å². The fourth-order valence-electron chi connectivity index (χ4n) is 3.35. The highest BCUT2D eigenvalue weighted by atomic mass is 79.9. The summed E-state index contributed by atoms with van der Waals surface area (Å²) in [6.45, 7) is 4.39. The molecule has 0 radical (unpaired) electrons. The van der Waals surface area contributed by atoms with Gasteiger partial charge in [0.2, 0.25) is 5.91 Å². The Morgan fingerprint density at radius 2 is 2.21 bits per heavy atom. The van der Waals surface area contributed by atoms with Crippen molar-refractivity contribution in [2.24, 2.45) is 0 Å². The predicted molar refractivity (Wildman–Crippen MR) is 75.6 cm³/mol. The van der Waals surface area contributed by atoms with Crippen LogP contribution >= 0.6 is 15.9 Å². The highest BCUT2D eigenvalue weighted by molar-refractivity contribution is 9.10. The Balaban J connectivity index is 1.89. The molecule has 0 N–H and O–H groups in total. The molecule has 1 aromatic rings. The molecule has 5 heteroatoms. The van der Waals surface area contributed by atoms with Gasteiger partial charge in [-0.15, -0.1) is 0 Å². The van der Waals surface area contributed by atoms with E-state index in [1.54, 1.807) is 19.1 Å². The van der Waals surface area contributed by atoms with Gasteiger partial charge in [0.05, 0.1) is 22.2 Å². The number of fused-ring (bicyclic) bond motifs is 2. The van der Waals surface area contributed by atoms with Gasteiger partial charge in [0.25, 0.3) is 0 Å². The van der Waals surface area contributed by atoms with Gasteiger partial charge in [-0.3, -0.25) is 4.79 Å². The third kappa shape index (κ3) is 1.86. The van der Waals surface area contributed by atoms with Crippen LogP contribution in [0.3, 0.4) is 0 Å². The molecule has 3 aliphatic rings. The molecule has 4 rings (SSSR count). The molecular weight excluding hydrogens is 311 g/mol. The molecule has 19 heavy (non-hydrogen) atoms. The van der Waals surface area contributed by atoms with Crippen molar-refractivity contribution in [3.63, 3.8) is 0 Å². The Hall–Kier alpha value is -1.10. The highest BCUT2D eigenvalue weighted by Crippen LogP contribution is 2.40. The van der Waals surface area contributed by atoms with Crippen LogP contribution in [0, 0.1) is 5.82 Å². The predicted octanol–water partition coefficient (Wildman–Crippen LogP) is 2.79. The lowest BCUT2D eigenvalue weighted by Crippen LogP contribution is -2.73. The maximum atomic E-state index is 14.2. The number of piperazine rings is 1.